The van der Waals surface area contributed by atoms with E-state index in [2.05, 4.69) is 10.3 Å². The van der Waals surface area contributed by atoms with Gasteiger partial charge in [0.05, 0.1) is 5.56 Å². The van der Waals surface area contributed by atoms with Gasteiger partial charge in [0.25, 0.3) is 5.91 Å². The number of nitrogens with one attached hydrogen (secondary N) is 1. The maximum absolute atomic E-state index is 12.3. The predicted octanol–water partition coefficient (Wildman–Crippen LogP) is 3.17. The molecule has 0 aliphatic heterocycles. The van der Waals surface area contributed by atoms with Crippen LogP contribution in [0.25, 0.3) is 4.96 Å². The summed E-state index contributed by atoms with van der Waals surface area (Å²) in [5.74, 6) is -1.29. The Morgan fingerprint density at radius 1 is 1.46 bits per heavy atom. The second-order valence-electron chi connectivity index (χ2n) is 4.62. The number of ether oxygens (including phenoxy) is 1. The molecule has 3 heterocycles. The molecule has 0 bridgehead atoms. The molecule has 0 fully saturated rings. The average Bonchev–Trinajstić information content (AvgIpc) is 3.22. The summed E-state index contributed by atoms with van der Waals surface area (Å²) in [5.41, 5.74) is 0.423. The third-order valence-corrected chi connectivity index (χ3v) is 4.94. The summed E-state index contributed by atoms with van der Waals surface area (Å²) in [6, 6.07) is 3.56. The maximum Gasteiger partial charge on any atom is 0.359 e. The second kappa shape index (κ2) is 6.60. The first-order valence-electron chi connectivity index (χ1n) is 6.61. The van der Waals surface area contributed by atoms with Gasteiger partial charge in [0.2, 0.25) is 0 Å². The minimum absolute atomic E-state index is 0.0180. The number of fused-ring (bicyclic) bond motifs is 1. The number of imidazole rings is 1. The van der Waals surface area contributed by atoms with Crippen LogP contribution in [0.5, 0.6) is 0 Å². The van der Waals surface area contributed by atoms with E-state index in [0.29, 0.717) is 15.5 Å². The van der Waals surface area contributed by atoms with E-state index in [-0.39, 0.29) is 10.8 Å². The van der Waals surface area contributed by atoms with E-state index < -0.39 is 18.0 Å². The first-order chi connectivity index (χ1) is 11.5. The van der Waals surface area contributed by atoms with Crippen molar-refractivity contribution in [2.45, 2.75) is 13.0 Å². The standard InChI is InChI=1S/C14H9ClN4O3S2/c1-7(11(20)18-12-8(6-16)2-4-23-12)22-13(21)9-10(15)17-14-19(9)3-5-24-14/h2-5,7H,1H3,(H,18,20)/t7-/m1/s1. The molecule has 122 valence electrons. The molecule has 1 N–H and O–H groups in total. The van der Waals surface area contributed by atoms with Crippen LogP contribution in [0.2, 0.25) is 5.15 Å². The number of thiophene rings is 1. The molecule has 0 aromatic carbocycles. The highest BCUT2D eigenvalue weighted by atomic mass is 35.5. The Hall–Kier alpha value is -2.41. The molecular weight excluding hydrogens is 372 g/mol. The zero-order valence-corrected chi connectivity index (χ0v) is 14.5. The number of halogens is 1. The van der Waals surface area contributed by atoms with Gasteiger partial charge in [0.15, 0.2) is 21.9 Å². The Labute approximate surface area is 149 Å². The van der Waals surface area contributed by atoms with Gasteiger partial charge in [-0.15, -0.1) is 22.7 Å². The Morgan fingerprint density at radius 2 is 2.25 bits per heavy atom. The first kappa shape index (κ1) is 16.4. The number of hydrogen-bond donors (Lipinski definition) is 1. The molecule has 3 aromatic rings. The molecule has 0 spiro atoms. The fraction of sp³-hybridized carbons (Fsp3) is 0.143. The predicted molar refractivity (Wildman–Crippen MR) is 90.6 cm³/mol. The van der Waals surface area contributed by atoms with Crippen molar-refractivity contribution in [2.75, 3.05) is 5.32 Å². The van der Waals surface area contributed by atoms with Crippen molar-refractivity contribution in [1.29, 1.82) is 5.26 Å². The minimum Gasteiger partial charge on any atom is -0.448 e. The number of aromatic nitrogens is 2. The number of nitriles is 1. The van der Waals surface area contributed by atoms with Crippen LogP contribution >= 0.6 is 34.3 Å². The molecule has 0 aliphatic rings. The van der Waals surface area contributed by atoms with Crippen molar-refractivity contribution in [2.24, 2.45) is 0 Å². The molecule has 3 rings (SSSR count). The summed E-state index contributed by atoms with van der Waals surface area (Å²) in [4.78, 5) is 29.0. The average molecular weight is 381 g/mol. The molecule has 0 unspecified atom stereocenters. The zero-order valence-electron chi connectivity index (χ0n) is 12.1. The second-order valence-corrected chi connectivity index (χ2v) is 6.77. The van der Waals surface area contributed by atoms with E-state index in [1.807, 2.05) is 6.07 Å². The summed E-state index contributed by atoms with van der Waals surface area (Å²) in [6.45, 7) is 1.44. The number of amides is 1. The van der Waals surface area contributed by atoms with Crippen LogP contribution in [0.15, 0.2) is 23.0 Å². The Kier molecular flexibility index (Phi) is 4.53. The Bertz CT molecular complexity index is 968. The van der Waals surface area contributed by atoms with Crippen LogP contribution in [-0.4, -0.2) is 27.4 Å². The maximum atomic E-state index is 12.3. The smallest absolute Gasteiger partial charge is 0.359 e. The van der Waals surface area contributed by atoms with Crippen LogP contribution in [0, 0.1) is 11.3 Å². The number of rotatable bonds is 4. The number of thiazole rings is 1. The number of esters is 1. The Morgan fingerprint density at radius 3 is 3.00 bits per heavy atom. The van der Waals surface area contributed by atoms with Gasteiger partial charge in [-0.1, -0.05) is 11.6 Å². The molecule has 3 aromatic heterocycles. The lowest BCUT2D eigenvalue weighted by molar-refractivity contribution is -0.123. The Balaban J connectivity index is 1.72. The summed E-state index contributed by atoms with van der Waals surface area (Å²) >= 11 is 8.50. The molecule has 1 atom stereocenters. The fourth-order valence-electron chi connectivity index (χ4n) is 1.92. The van der Waals surface area contributed by atoms with Crippen LogP contribution in [-0.2, 0) is 9.53 Å². The van der Waals surface area contributed by atoms with E-state index in [4.69, 9.17) is 21.6 Å². The lowest BCUT2D eigenvalue weighted by Crippen LogP contribution is -2.30. The van der Waals surface area contributed by atoms with E-state index in [1.165, 1.54) is 34.0 Å². The topological polar surface area (TPSA) is 96.5 Å². The first-order valence-corrected chi connectivity index (χ1v) is 8.75. The van der Waals surface area contributed by atoms with Crippen molar-refractivity contribution < 1.29 is 14.3 Å². The van der Waals surface area contributed by atoms with Gasteiger partial charge in [0, 0.05) is 11.6 Å². The van der Waals surface area contributed by atoms with Crippen LogP contribution in [0.3, 0.4) is 0 Å². The highest BCUT2D eigenvalue weighted by Gasteiger charge is 2.25. The highest BCUT2D eigenvalue weighted by molar-refractivity contribution is 7.15. The summed E-state index contributed by atoms with van der Waals surface area (Å²) < 4.78 is 6.67. The third kappa shape index (κ3) is 2.99. The molecule has 0 saturated carbocycles. The number of anilines is 1. The molecule has 10 heteroatoms. The van der Waals surface area contributed by atoms with Crippen molar-refractivity contribution in [1.82, 2.24) is 9.38 Å². The largest absolute Gasteiger partial charge is 0.448 e. The molecule has 1 amide bonds. The lowest BCUT2D eigenvalue weighted by Gasteiger charge is -2.12. The molecule has 7 nitrogen and oxygen atoms in total. The van der Waals surface area contributed by atoms with Crippen molar-refractivity contribution >= 4 is 56.1 Å². The third-order valence-electron chi connectivity index (χ3n) is 3.09. The van der Waals surface area contributed by atoms with Gasteiger partial charge in [-0.3, -0.25) is 9.20 Å². The van der Waals surface area contributed by atoms with Crippen LogP contribution < -0.4 is 5.32 Å². The molecule has 0 aliphatic carbocycles. The number of carbonyl (C=O) groups excluding carboxylic acids is 2. The molecule has 0 saturated heterocycles. The fourth-order valence-corrected chi connectivity index (χ4v) is 3.67. The molecule has 24 heavy (non-hydrogen) atoms. The van der Waals surface area contributed by atoms with E-state index in [0.717, 1.165) is 0 Å². The van der Waals surface area contributed by atoms with Crippen LogP contribution in [0.4, 0.5) is 5.00 Å². The summed E-state index contributed by atoms with van der Waals surface area (Å²) in [5, 5.41) is 15.4. The molecular formula is C14H9ClN4O3S2. The highest BCUT2D eigenvalue weighted by Crippen LogP contribution is 2.24. The van der Waals surface area contributed by atoms with Crippen molar-refractivity contribution in [3.8, 4) is 6.07 Å². The summed E-state index contributed by atoms with van der Waals surface area (Å²) in [6.07, 6.45) is 0.580. The van der Waals surface area contributed by atoms with Gasteiger partial charge in [-0.25, -0.2) is 9.78 Å². The molecule has 0 radical (unpaired) electrons. The SMILES string of the molecule is C[C@@H](OC(=O)c1c(Cl)nc2sccn12)C(=O)Nc1sccc1C#N. The van der Waals surface area contributed by atoms with Gasteiger partial charge >= 0.3 is 5.97 Å². The van der Waals surface area contributed by atoms with Gasteiger partial charge in [-0.2, -0.15) is 5.26 Å². The number of hydrogen-bond acceptors (Lipinski definition) is 7. The van der Waals surface area contributed by atoms with Gasteiger partial charge < -0.3 is 10.1 Å². The number of nitrogens with zero attached hydrogens (tertiary/aromatic N) is 3. The zero-order chi connectivity index (χ0) is 17.3. The quantitative estimate of drug-likeness (QED) is 0.701. The van der Waals surface area contributed by atoms with E-state index >= 15 is 0 Å². The monoisotopic (exact) mass is 380 g/mol. The number of carbonyl (C=O) groups is 2. The summed E-state index contributed by atoms with van der Waals surface area (Å²) in [7, 11) is 0. The minimum atomic E-state index is -1.06. The van der Waals surface area contributed by atoms with Crippen molar-refractivity contribution in [3.05, 3.63) is 39.4 Å². The lowest BCUT2D eigenvalue weighted by atomic mass is 10.3. The van der Waals surface area contributed by atoms with E-state index in [9.17, 15) is 9.59 Å². The van der Waals surface area contributed by atoms with Crippen LogP contribution in [0.1, 0.15) is 23.0 Å². The van der Waals surface area contributed by atoms with Gasteiger partial charge in [0.1, 0.15) is 11.1 Å². The normalized spacial score (nSPS) is 11.9. The van der Waals surface area contributed by atoms with Gasteiger partial charge in [-0.05, 0) is 18.4 Å². The van der Waals surface area contributed by atoms with E-state index in [1.54, 1.807) is 23.0 Å². The van der Waals surface area contributed by atoms with Crippen molar-refractivity contribution in [3.63, 3.8) is 0 Å².